The molecule has 0 aliphatic heterocycles. The van der Waals surface area contributed by atoms with E-state index in [2.05, 4.69) is 4.98 Å². The lowest BCUT2D eigenvalue weighted by Gasteiger charge is -2.17. The molecule has 7 heteroatoms. The fourth-order valence-corrected chi connectivity index (χ4v) is 2.05. The molecule has 20 heavy (non-hydrogen) atoms. The van der Waals surface area contributed by atoms with E-state index in [4.69, 9.17) is 17.3 Å². The van der Waals surface area contributed by atoms with Gasteiger partial charge in [0.25, 0.3) is 0 Å². The number of rotatable bonds is 2. The third-order valence-electron chi connectivity index (χ3n) is 2.68. The molecule has 2 N–H and O–H groups in total. The molecule has 106 valence electrons. The first-order valence-electron chi connectivity index (χ1n) is 5.52. The van der Waals surface area contributed by atoms with Gasteiger partial charge in [0, 0.05) is 11.2 Å². The van der Waals surface area contributed by atoms with Crippen LogP contribution in [0.5, 0.6) is 0 Å². The Balaban J connectivity index is 2.51. The van der Waals surface area contributed by atoms with Gasteiger partial charge in [-0.05, 0) is 35.9 Å². The van der Waals surface area contributed by atoms with Crippen LogP contribution in [-0.2, 0) is 6.18 Å². The van der Waals surface area contributed by atoms with Crippen LogP contribution in [0.15, 0.2) is 36.5 Å². The van der Waals surface area contributed by atoms with Crippen molar-refractivity contribution in [3.8, 4) is 0 Å². The van der Waals surface area contributed by atoms with Crippen LogP contribution in [0, 0.1) is 5.82 Å². The Kier molecular flexibility index (Phi) is 3.96. The first-order chi connectivity index (χ1) is 9.29. The van der Waals surface area contributed by atoms with Crippen molar-refractivity contribution >= 4 is 11.6 Å². The molecule has 0 aliphatic carbocycles. The van der Waals surface area contributed by atoms with E-state index in [0.29, 0.717) is 0 Å². The lowest BCUT2D eigenvalue weighted by atomic mass is 10.00. The predicted molar refractivity (Wildman–Crippen MR) is 66.7 cm³/mol. The third-order valence-corrected chi connectivity index (χ3v) is 2.90. The molecule has 0 bridgehead atoms. The Labute approximate surface area is 117 Å². The monoisotopic (exact) mass is 304 g/mol. The van der Waals surface area contributed by atoms with Crippen LogP contribution < -0.4 is 5.73 Å². The SMILES string of the molecule is NC(c1cc(F)cc(Cl)c1)c1ncccc1C(F)(F)F. The zero-order valence-corrected chi connectivity index (χ0v) is 10.7. The summed E-state index contributed by atoms with van der Waals surface area (Å²) < 4.78 is 51.9. The standard InChI is InChI=1S/C13H9ClF4N2/c14-8-4-7(5-9(15)6-8)11(19)12-10(13(16,17)18)2-1-3-20-12/h1-6,11H,19H2. The highest BCUT2D eigenvalue weighted by Crippen LogP contribution is 2.35. The number of nitrogens with zero attached hydrogens (tertiary/aromatic N) is 1. The summed E-state index contributed by atoms with van der Waals surface area (Å²) in [6, 6.07) is 4.21. The Morgan fingerprint density at radius 2 is 1.90 bits per heavy atom. The summed E-state index contributed by atoms with van der Waals surface area (Å²) >= 11 is 5.67. The van der Waals surface area contributed by atoms with Gasteiger partial charge >= 0.3 is 6.18 Å². The molecule has 0 radical (unpaired) electrons. The number of pyridine rings is 1. The van der Waals surface area contributed by atoms with Gasteiger partial charge < -0.3 is 5.73 Å². The molecule has 0 fully saturated rings. The lowest BCUT2D eigenvalue weighted by molar-refractivity contribution is -0.138. The number of halogens is 5. The van der Waals surface area contributed by atoms with Crippen molar-refractivity contribution in [2.45, 2.75) is 12.2 Å². The largest absolute Gasteiger partial charge is 0.418 e. The summed E-state index contributed by atoms with van der Waals surface area (Å²) in [6.07, 6.45) is -3.39. The average Bonchev–Trinajstić information content (AvgIpc) is 2.35. The van der Waals surface area contributed by atoms with E-state index in [9.17, 15) is 17.6 Å². The predicted octanol–water partition coefficient (Wildman–Crippen LogP) is 3.94. The molecule has 0 aliphatic rings. The summed E-state index contributed by atoms with van der Waals surface area (Å²) in [4.78, 5) is 3.67. The van der Waals surface area contributed by atoms with Gasteiger partial charge in [0.1, 0.15) is 5.82 Å². The van der Waals surface area contributed by atoms with Gasteiger partial charge in [-0.2, -0.15) is 13.2 Å². The maximum absolute atomic E-state index is 13.3. The molecule has 1 unspecified atom stereocenters. The number of aromatic nitrogens is 1. The zero-order chi connectivity index (χ0) is 14.9. The molecule has 1 atom stereocenters. The van der Waals surface area contributed by atoms with Crippen LogP contribution in [0.25, 0.3) is 0 Å². The third kappa shape index (κ3) is 3.08. The van der Waals surface area contributed by atoms with E-state index in [1.165, 1.54) is 12.3 Å². The van der Waals surface area contributed by atoms with E-state index in [-0.39, 0.29) is 16.3 Å². The van der Waals surface area contributed by atoms with Crippen molar-refractivity contribution in [2.75, 3.05) is 0 Å². The average molecular weight is 305 g/mol. The molecule has 0 amide bonds. The quantitative estimate of drug-likeness (QED) is 0.854. The Bertz CT molecular complexity index is 608. The van der Waals surface area contributed by atoms with Gasteiger partial charge in [-0.3, -0.25) is 4.98 Å². The summed E-state index contributed by atoms with van der Waals surface area (Å²) in [5.41, 5.74) is 4.56. The van der Waals surface area contributed by atoms with Crippen LogP contribution in [0.3, 0.4) is 0 Å². The molecule has 0 saturated heterocycles. The zero-order valence-electron chi connectivity index (χ0n) is 9.96. The van der Waals surface area contributed by atoms with Crippen LogP contribution in [0.2, 0.25) is 5.02 Å². The Morgan fingerprint density at radius 3 is 2.50 bits per heavy atom. The van der Waals surface area contributed by atoms with Crippen molar-refractivity contribution in [3.63, 3.8) is 0 Å². The van der Waals surface area contributed by atoms with Gasteiger partial charge in [-0.15, -0.1) is 0 Å². The first kappa shape index (κ1) is 14.7. The molecule has 2 nitrogen and oxygen atoms in total. The fourth-order valence-electron chi connectivity index (χ4n) is 1.82. The number of alkyl halides is 3. The van der Waals surface area contributed by atoms with Crippen molar-refractivity contribution in [1.29, 1.82) is 0 Å². The summed E-state index contributed by atoms with van der Waals surface area (Å²) in [6.45, 7) is 0. The van der Waals surface area contributed by atoms with Crippen molar-refractivity contribution in [1.82, 2.24) is 4.98 Å². The summed E-state index contributed by atoms with van der Waals surface area (Å²) in [7, 11) is 0. The molecule has 1 aromatic heterocycles. The topological polar surface area (TPSA) is 38.9 Å². The molecule has 2 aromatic rings. The molecule has 0 spiro atoms. The molecule has 1 aromatic carbocycles. The fraction of sp³-hybridized carbons (Fsp3) is 0.154. The molecule has 2 rings (SSSR count). The second-order valence-corrected chi connectivity index (χ2v) is 4.55. The van der Waals surface area contributed by atoms with E-state index < -0.39 is 23.6 Å². The van der Waals surface area contributed by atoms with Crippen LogP contribution in [0.1, 0.15) is 22.9 Å². The molecular formula is C13H9ClF4N2. The first-order valence-corrected chi connectivity index (χ1v) is 5.90. The highest BCUT2D eigenvalue weighted by molar-refractivity contribution is 6.30. The van der Waals surface area contributed by atoms with Gasteiger partial charge in [-0.1, -0.05) is 11.6 Å². The van der Waals surface area contributed by atoms with Gasteiger partial charge in [0.15, 0.2) is 0 Å². The minimum absolute atomic E-state index is 0.0555. The maximum atomic E-state index is 13.3. The van der Waals surface area contributed by atoms with Crippen molar-refractivity contribution < 1.29 is 17.6 Å². The second kappa shape index (κ2) is 5.38. The highest BCUT2D eigenvalue weighted by Gasteiger charge is 2.35. The summed E-state index contributed by atoms with van der Waals surface area (Å²) in [5, 5.41) is 0.0555. The van der Waals surface area contributed by atoms with E-state index in [1.807, 2.05) is 0 Å². The number of hydrogen-bond acceptors (Lipinski definition) is 2. The van der Waals surface area contributed by atoms with E-state index >= 15 is 0 Å². The summed E-state index contributed by atoms with van der Waals surface area (Å²) in [5.74, 6) is -0.674. The van der Waals surface area contributed by atoms with Gasteiger partial charge in [0.2, 0.25) is 0 Å². The minimum atomic E-state index is -4.58. The number of nitrogens with two attached hydrogens (primary N) is 1. The maximum Gasteiger partial charge on any atom is 0.418 e. The minimum Gasteiger partial charge on any atom is -0.319 e. The second-order valence-electron chi connectivity index (χ2n) is 4.11. The van der Waals surface area contributed by atoms with Crippen LogP contribution >= 0.6 is 11.6 Å². The van der Waals surface area contributed by atoms with Crippen LogP contribution in [0.4, 0.5) is 17.6 Å². The van der Waals surface area contributed by atoms with Gasteiger partial charge in [0.05, 0.1) is 17.3 Å². The smallest absolute Gasteiger partial charge is 0.319 e. The number of hydrogen-bond donors (Lipinski definition) is 1. The van der Waals surface area contributed by atoms with Crippen molar-refractivity contribution in [3.05, 3.63) is 64.2 Å². The van der Waals surface area contributed by atoms with E-state index in [0.717, 1.165) is 24.3 Å². The van der Waals surface area contributed by atoms with Gasteiger partial charge in [-0.25, -0.2) is 4.39 Å². The van der Waals surface area contributed by atoms with E-state index in [1.54, 1.807) is 0 Å². The lowest BCUT2D eigenvalue weighted by Crippen LogP contribution is -2.20. The molecular weight excluding hydrogens is 296 g/mol. The van der Waals surface area contributed by atoms with Crippen molar-refractivity contribution in [2.24, 2.45) is 5.73 Å². The Hall–Kier alpha value is -1.66. The highest BCUT2D eigenvalue weighted by atomic mass is 35.5. The van der Waals surface area contributed by atoms with Crippen LogP contribution in [-0.4, -0.2) is 4.98 Å². The molecule has 1 heterocycles. The normalized spacial score (nSPS) is 13.3. The Morgan fingerprint density at radius 1 is 1.20 bits per heavy atom. The molecule has 0 saturated carbocycles. The number of benzene rings is 1.